The number of aliphatic carboxylic acids is 1. The van der Waals surface area contributed by atoms with E-state index in [2.05, 4.69) is 21.2 Å². The van der Waals surface area contributed by atoms with Gasteiger partial charge in [0, 0.05) is 16.2 Å². The van der Waals surface area contributed by atoms with Crippen molar-refractivity contribution in [2.24, 2.45) is 5.92 Å². The lowest BCUT2D eigenvalue weighted by atomic mass is 9.79. The summed E-state index contributed by atoms with van der Waals surface area (Å²) >= 11 is 3.24. The first-order valence-electron chi connectivity index (χ1n) is 5.02. The highest BCUT2D eigenvalue weighted by molar-refractivity contribution is 9.10. The Balaban J connectivity index is 2.07. The molecular formula is C11H11BrFNO2. The maximum atomic E-state index is 12.8. The van der Waals surface area contributed by atoms with Crippen molar-refractivity contribution in [2.75, 3.05) is 5.32 Å². The minimum absolute atomic E-state index is 0.0562. The SMILES string of the molecule is O=C(O)C1CCC1Nc1ccc(F)cc1Br. The van der Waals surface area contributed by atoms with Crippen LogP contribution in [0.25, 0.3) is 0 Å². The van der Waals surface area contributed by atoms with Crippen LogP contribution in [0.2, 0.25) is 0 Å². The van der Waals surface area contributed by atoms with E-state index >= 15 is 0 Å². The molecule has 2 unspecified atom stereocenters. The molecule has 86 valence electrons. The van der Waals surface area contributed by atoms with Gasteiger partial charge in [-0.25, -0.2) is 4.39 Å². The van der Waals surface area contributed by atoms with Gasteiger partial charge in [-0.1, -0.05) is 0 Å². The van der Waals surface area contributed by atoms with E-state index in [1.54, 1.807) is 6.07 Å². The Morgan fingerprint density at radius 2 is 2.25 bits per heavy atom. The number of rotatable bonds is 3. The normalized spacial score (nSPS) is 23.6. The standard InChI is InChI=1S/C11H11BrFNO2/c12-8-5-6(13)1-3-10(8)14-9-4-2-7(9)11(15)16/h1,3,5,7,9,14H,2,4H2,(H,15,16). The molecule has 0 bridgehead atoms. The zero-order valence-corrected chi connectivity index (χ0v) is 10.00. The lowest BCUT2D eigenvalue weighted by molar-refractivity contribution is -0.144. The molecule has 2 rings (SSSR count). The molecule has 1 aliphatic carbocycles. The maximum Gasteiger partial charge on any atom is 0.308 e. The van der Waals surface area contributed by atoms with E-state index in [0.717, 1.165) is 12.1 Å². The van der Waals surface area contributed by atoms with Crippen LogP contribution in [0.15, 0.2) is 22.7 Å². The summed E-state index contributed by atoms with van der Waals surface area (Å²) in [5, 5.41) is 12.0. The smallest absolute Gasteiger partial charge is 0.308 e. The average Bonchev–Trinajstić information content (AvgIpc) is 2.13. The molecule has 0 amide bonds. The second kappa shape index (κ2) is 4.41. The largest absolute Gasteiger partial charge is 0.481 e. The third-order valence-electron chi connectivity index (χ3n) is 2.86. The molecule has 1 saturated carbocycles. The monoisotopic (exact) mass is 287 g/mol. The van der Waals surface area contributed by atoms with Gasteiger partial charge in [0.25, 0.3) is 0 Å². The fraction of sp³-hybridized carbons (Fsp3) is 0.364. The molecule has 16 heavy (non-hydrogen) atoms. The van der Waals surface area contributed by atoms with Gasteiger partial charge in [-0.2, -0.15) is 0 Å². The number of hydrogen-bond donors (Lipinski definition) is 2. The first kappa shape index (κ1) is 11.4. The van der Waals surface area contributed by atoms with E-state index in [0.29, 0.717) is 10.9 Å². The van der Waals surface area contributed by atoms with E-state index in [-0.39, 0.29) is 17.8 Å². The van der Waals surface area contributed by atoms with Gasteiger partial charge in [-0.3, -0.25) is 4.79 Å². The van der Waals surface area contributed by atoms with Gasteiger partial charge in [0.15, 0.2) is 0 Å². The van der Waals surface area contributed by atoms with Gasteiger partial charge in [-0.15, -0.1) is 0 Å². The summed E-state index contributed by atoms with van der Waals surface area (Å²) in [7, 11) is 0. The predicted octanol–water partition coefficient (Wildman–Crippen LogP) is 2.86. The van der Waals surface area contributed by atoms with E-state index < -0.39 is 5.97 Å². The quantitative estimate of drug-likeness (QED) is 0.899. The van der Waals surface area contributed by atoms with Gasteiger partial charge in [0.05, 0.1) is 5.92 Å². The van der Waals surface area contributed by atoms with Crippen molar-refractivity contribution in [1.82, 2.24) is 0 Å². The van der Waals surface area contributed by atoms with E-state index in [9.17, 15) is 9.18 Å². The summed E-state index contributed by atoms with van der Waals surface area (Å²) in [6.45, 7) is 0. The van der Waals surface area contributed by atoms with Crippen LogP contribution in [0, 0.1) is 11.7 Å². The average molecular weight is 288 g/mol. The van der Waals surface area contributed by atoms with Crippen LogP contribution in [-0.4, -0.2) is 17.1 Å². The predicted molar refractivity (Wildman–Crippen MR) is 61.9 cm³/mol. The molecule has 0 aromatic heterocycles. The zero-order valence-electron chi connectivity index (χ0n) is 8.41. The van der Waals surface area contributed by atoms with Crippen molar-refractivity contribution >= 4 is 27.6 Å². The Morgan fingerprint density at radius 3 is 2.75 bits per heavy atom. The van der Waals surface area contributed by atoms with Crippen LogP contribution in [0.4, 0.5) is 10.1 Å². The molecule has 0 radical (unpaired) electrons. The highest BCUT2D eigenvalue weighted by atomic mass is 79.9. The van der Waals surface area contributed by atoms with Gasteiger partial charge in [-0.05, 0) is 47.0 Å². The fourth-order valence-electron chi connectivity index (χ4n) is 1.77. The molecule has 5 heteroatoms. The van der Waals surface area contributed by atoms with Crippen LogP contribution in [0.3, 0.4) is 0 Å². The number of hydrogen-bond acceptors (Lipinski definition) is 2. The fourth-order valence-corrected chi connectivity index (χ4v) is 2.24. The van der Waals surface area contributed by atoms with E-state index in [1.165, 1.54) is 12.1 Å². The second-order valence-corrected chi connectivity index (χ2v) is 4.75. The molecule has 0 spiro atoms. The molecule has 0 aliphatic heterocycles. The van der Waals surface area contributed by atoms with Gasteiger partial charge < -0.3 is 10.4 Å². The van der Waals surface area contributed by atoms with Crippen LogP contribution in [0.5, 0.6) is 0 Å². The number of carboxylic acids is 1. The molecule has 2 atom stereocenters. The van der Waals surface area contributed by atoms with Crippen molar-refractivity contribution in [2.45, 2.75) is 18.9 Å². The lowest BCUT2D eigenvalue weighted by Gasteiger charge is -2.35. The number of benzene rings is 1. The highest BCUT2D eigenvalue weighted by Crippen LogP contribution is 2.33. The second-order valence-electron chi connectivity index (χ2n) is 3.90. The Bertz CT molecular complexity index is 424. The number of nitrogens with one attached hydrogen (secondary N) is 1. The number of carbonyl (C=O) groups is 1. The van der Waals surface area contributed by atoms with Crippen LogP contribution in [0.1, 0.15) is 12.8 Å². The first-order chi connectivity index (χ1) is 7.58. The first-order valence-corrected chi connectivity index (χ1v) is 5.81. The summed E-state index contributed by atoms with van der Waals surface area (Å²) in [6, 6.07) is 4.26. The third-order valence-corrected chi connectivity index (χ3v) is 3.52. The molecule has 2 N–H and O–H groups in total. The van der Waals surface area contributed by atoms with Crippen molar-refractivity contribution in [3.05, 3.63) is 28.5 Å². The Kier molecular flexibility index (Phi) is 3.14. The molecule has 1 fully saturated rings. The number of anilines is 1. The lowest BCUT2D eigenvalue weighted by Crippen LogP contribution is -2.43. The summed E-state index contributed by atoms with van der Waals surface area (Å²) < 4.78 is 13.4. The molecule has 3 nitrogen and oxygen atoms in total. The Morgan fingerprint density at radius 1 is 1.50 bits per heavy atom. The minimum Gasteiger partial charge on any atom is -0.481 e. The van der Waals surface area contributed by atoms with Crippen molar-refractivity contribution < 1.29 is 14.3 Å². The van der Waals surface area contributed by atoms with E-state index in [1.807, 2.05) is 0 Å². The van der Waals surface area contributed by atoms with E-state index in [4.69, 9.17) is 5.11 Å². The Labute approximate surface area is 101 Å². The number of carboxylic acid groups (broad SMARTS) is 1. The molecule has 0 heterocycles. The van der Waals surface area contributed by atoms with Crippen LogP contribution < -0.4 is 5.32 Å². The zero-order chi connectivity index (χ0) is 11.7. The summed E-state index contributed by atoms with van der Waals surface area (Å²) in [4.78, 5) is 10.8. The molecule has 0 saturated heterocycles. The van der Waals surface area contributed by atoms with Gasteiger partial charge in [0.1, 0.15) is 5.82 Å². The van der Waals surface area contributed by atoms with Crippen molar-refractivity contribution in [1.29, 1.82) is 0 Å². The topological polar surface area (TPSA) is 49.3 Å². The molecule has 1 aromatic carbocycles. The number of halogens is 2. The molecular weight excluding hydrogens is 277 g/mol. The minimum atomic E-state index is -0.776. The van der Waals surface area contributed by atoms with Crippen LogP contribution in [-0.2, 0) is 4.79 Å². The summed E-state index contributed by atoms with van der Waals surface area (Å²) in [5.74, 6) is -1.43. The molecule has 1 aliphatic rings. The third kappa shape index (κ3) is 2.19. The van der Waals surface area contributed by atoms with Gasteiger partial charge >= 0.3 is 5.97 Å². The van der Waals surface area contributed by atoms with Crippen molar-refractivity contribution in [3.8, 4) is 0 Å². The Hall–Kier alpha value is -1.10. The maximum absolute atomic E-state index is 12.8. The molecule has 1 aromatic rings. The van der Waals surface area contributed by atoms with Crippen molar-refractivity contribution in [3.63, 3.8) is 0 Å². The summed E-state index contributed by atoms with van der Waals surface area (Å²) in [5.41, 5.74) is 0.734. The van der Waals surface area contributed by atoms with Crippen LogP contribution >= 0.6 is 15.9 Å². The highest BCUT2D eigenvalue weighted by Gasteiger charge is 2.36. The summed E-state index contributed by atoms with van der Waals surface area (Å²) in [6.07, 6.45) is 1.53. The van der Waals surface area contributed by atoms with Gasteiger partial charge in [0.2, 0.25) is 0 Å².